The van der Waals surface area contributed by atoms with Gasteiger partial charge in [-0.2, -0.15) is 4.98 Å². The zero-order chi connectivity index (χ0) is 15.2. The topological polar surface area (TPSA) is 83.4 Å². The molecule has 21 heavy (non-hydrogen) atoms. The van der Waals surface area contributed by atoms with Crippen molar-refractivity contribution in [3.63, 3.8) is 0 Å². The Balaban J connectivity index is 2.00. The van der Waals surface area contributed by atoms with E-state index in [0.717, 1.165) is 0 Å². The molecule has 2 aromatic rings. The standard InChI is InChI=1S/C14H18ClN3O3/c1-3-19-8-12(16)13-17-14(21-18-13)9(2)20-11-6-4-5-10(15)7-11/h4-7,9,12H,3,8,16H2,1-2H3. The fourth-order valence-corrected chi connectivity index (χ4v) is 1.86. The van der Waals surface area contributed by atoms with Crippen LogP contribution in [-0.4, -0.2) is 23.4 Å². The highest BCUT2D eigenvalue weighted by molar-refractivity contribution is 6.30. The van der Waals surface area contributed by atoms with Crippen molar-refractivity contribution in [2.45, 2.75) is 26.0 Å². The van der Waals surface area contributed by atoms with Crippen molar-refractivity contribution in [2.75, 3.05) is 13.2 Å². The summed E-state index contributed by atoms with van der Waals surface area (Å²) in [5.41, 5.74) is 5.90. The van der Waals surface area contributed by atoms with Gasteiger partial charge in [-0.25, -0.2) is 0 Å². The highest BCUT2D eigenvalue weighted by Gasteiger charge is 2.19. The number of hydrogen-bond acceptors (Lipinski definition) is 6. The van der Waals surface area contributed by atoms with Gasteiger partial charge in [0.1, 0.15) is 5.75 Å². The predicted octanol–water partition coefficient (Wildman–Crippen LogP) is 2.90. The van der Waals surface area contributed by atoms with Crippen LogP contribution in [0.1, 0.15) is 37.7 Å². The van der Waals surface area contributed by atoms with E-state index in [9.17, 15) is 0 Å². The Hall–Kier alpha value is -1.63. The molecule has 6 nitrogen and oxygen atoms in total. The van der Waals surface area contributed by atoms with E-state index < -0.39 is 12.1 Å². The van der Waals surface area contributed by atoms with Crippen molar-refractivity contribution in [3.05, 3.63) is 41.0 Å². The Morgan fingerprint density at radius 2 is 2.24 bits per heavy atom. The molecule has 0 saturated heterocycles. The Morgan fingerprint density at radius 3 is 2.95 bits per heavy atom. The van der Waals surface area contributed by atoms with Crippen LogP contribution < -0.4 is 10.5 Å². The third-order valence-corrected chi connectivity index (χ3v) is 2.98. The van der Waals surface area contributed by atoms with E-state index in [1.54, 1.807) is 18.2 Å². The van der Waals surface area contributed by atoms with Crippen molar-refractivity contribution in [3.8, 4) is 5.75 Å². The second kappa shape index (κ2) is 7.40. The summed E-state index contributed by atoms with van der Waals surface area (Å²) in [6.07, 6.45) is -0.399. The Morgan fingerprint density at radius 1 is 1.43 bits per heavy atom. The number of nitrogens with zero attached hydrogens (tertiary/aromatic N) is 2. The molecule has 114 valence electrons. The van der Waals surface area contributed by atoms with Crippen LogP contribution in [-0.2, 0) is 4.74 Å². The van der Waals surface area contributed by atoms with Crippen LogP contribution in [0, 0.1) is 0 Å². The molecule has 0 aliphatic heterocycles. The summed E-state index contributed by atoms with van der Waals surface area (Å²) in [7, 11) is 0. The molecule has 0 aliphatic carbocycles. The van der Waals surface area contributed by atoms with Crippen LogP contribution in [0.4, 0.5) is 0 Å². The first-order valence-electron chi connectivity index (χ1n) is 6.69. The third-order valence-electron chi connectivity index (χ3n) is 2.75. The van der Waals surface area contributed by atoms with Crippen LogP contribution in [0.3, 0.4) is 0 Å². The number of hydrogen-bond donors (Lipinski definition) is 1. The van der Waals surface area contributed by atoms with Gasteiger partial charge in [0.15, 0.2) is 11.9 Å². The molecule has 1 aromatic heterocycles. The number of aromatic nitrogens is 2. The van der Waals surface area contributed by atoms with E-state index in [4.69, 9.17) is 31.3 Å². The number of nitrogens with two attached hydrogens (primary N) is 1. The fourth-order valence-electron chi connectivity index (χ4n) is 1.68. The van der Waals surface area contributed by atoms with Gasteiger partial charge in [-0.3, -0.25) is 0 Å². The summed E-state index contributed by atoms with van der Waals surface area (Å²) in [4.78, 5) is 4.24. The highest BCUT2D eigenvalue weighted by atomic mass is 35.5. The van der Waals surface area contributed by atoms with E-state index >= 15 is 0 Å². The van der Waals surface area contributed by atoms with Crippen LogP contribution in [0.5, 0.6) is 5.75 Å². The lowest BCUT2D eigenvalue weighted by molar-refractivity contribution is 0.130. The largest absolute Gasteiger partial charge is 0.481 e. The summed E-state index contributed by atoms with van der Waals surface area (Å²) < 4.78 is 16.1. The first-order valence-corrected chi connectivity index (χ1v) is 7.07. The molecule has 0 radical (unpaired) electrons. The highest BCUT2D eigenvalue weighted by Crippen LogP contribution is 2.23. The maximum absolute atomic E-state index is 5.91. The van der Waals surface area contributed by atoms with Crippen molar-refractivity contribution < 1.29 is 14.0 Å². The molecule has 0 amide bonds. The van der Waals surface area contributed by atoms with Crippen molar-refractivity contribution >= 4 is 11.6 Å². The van der Waals surface area contributed by atoms with Gasteiger partial charge < -0.3 is 19.7 Å². The van der Waals surface area contributed by atoms with E-state index in [1.807, 2.05) is 19.9 Å². The summed E-state index contributed by atoms with van der Waals surface area (Å²) in [6.45, 7) is 4.65. The lowest BCUT2D eigenvalue weighted by atomic mass is 10.3. The van der Waals surface area contributed by atoms with E-state index in [2.05, 4.69) is 10.1 Å². The van der Waals surface area contributed by atoms with E-state index in [1.165, 1.54) is 0 Å². The number of rotatable bonds is 7. The van der Waals surface area contributed by atoms with Gasteiger partial charge in [-0.15, -0.1) is 0 Å². The fraction of sp³-hybridized carbons (Fsp3) is 0.429. The summed E-state index contributed by atoms with van der Waals surface area (Å²) in [5, 5.41) is 4.45. The Bertz CT molecular complexity index is 576. The molecular formula is C14H18ClN3O3. The zero-order valence-corrected chi connectivity index (χ0v) is 12.7. The Kier molecular flexibility index (Phi) is 5.55. The van der Waals surface area contributed by atoms with Gasteiger partial charge in [0.25, 0.3) is 5.89 Å². The normalized spacial score (nSPS) is 13.9. The van der Waals surface area contributed by atoms with Gasteiger partial charge in [-0.05, 0) is 32.0 Å². The van der Waals surface area contributed by atoms with Crippen LogP contribution in [0.2, 0.25) is 5.02 Å². The van der Waals surface area contributed by atoms with Crippen LogP contribution in [0.25, 0.3) is 0 Å². The molecule has 7 heteroatoms. The molecular weight excluding hydrogens is 294 g/mol. The molecule has 2 atom stereocenters. The molecule has 0 bridgehead atoms. The lowest BCUT2D eigenvalue weighted by Gasteiger charge is -2.10. The van der Waals surface area contributed by atoms with Crippen molar-refractivity contribution in [1.29, 1.82) is 0 Å². The molecule has 0 fully saturated rings. The average Bonchev–Trinajstić information content (AvgIpc) is 2.94. The van der Waals surface area contributed by atoms with Gasteiger partial charge in [0.05, 0.1) is 12.6 Å². The smallest absolute Gasteiger partial charge is 0.267 e. The average molecular weight is 312 g/mol. The van der Waals surface area contributed by atoms with Crippen molar-refractivity contribution in [1.82, 2.24) is 10.1 Å². The first kappa shape index (κ1) is 15.8. The SMILES string of the molecule is CCOCC(N)c1noc(C(C)Oc2cccc(Cl)c2)n1. The summed E-state index contributed by atoms with van der Waals surface area (Å²) >= 11 is 5.91. The minimum atomic E-state index is -0.416. The van der Waals surface area contributed by atoms with E-state index in [0.29, 0.717) is 35.7 Å². The van der Waals surface area contributed by atoms with Crippen LogP contribution >= 0.6 is 11.6 Å². The van der Waals surface area contributed by atoms with Gasteiger partial charge >= 0.3 is 0 Å². The van der Waals surface area contributed by atoms with Gasteiger partial charge in [-0.1, -0.05) is 22.8 Å². The molecule has 2 N–H and O–H groups in total. The quantitative estimate of drug-likeness (QED) is 0.846. The molecule has 0 aliphatic rings. The second-order valence-electron chi connectivity index (χ2n) is 4.47. The molecule has 2 unspecified atom stereocenters. The predicted molar refractivity (Wildman–Crippen MR) is 78.2 cm³/mol. The summed E-state index contributed by atoms with van der Waals surface area (Å²) in [5.74, 6) is 1.39. The second-order valence-corrected chi connectivity index (χ2v) is 4.91. The maximum Gasteiger partial charge on any atom is 0.267 e. The number of ether oxygens (including phenoxy) is 2. The number of halogens is 1. The molecule has 2 rings (SSSR count). The Labute approximate surface area is 128 Å². The maximum atomic E-state index is 5.91. The van der Waals surface area contributed by atoms with Crippen LogP contribution in [0.15, 0.2) is 28.8 Å². The lowest BCUT2D eigenvalue weighted by Crippen LogP contribution is -2.18. The van der Waals surface area contributed by atoms with E-state index in [-0.39, 0.29) is 0 Å². The van der Waals surface area contributed by atoms with Gasteiger partial charge in [0, 0.05) is 11.6 Å². The number of benzene rings is 1. The van der Waals surface area contributed by atoms with Crippen molar-refractivity contribution in [2.24, 2.45) is 5.73 Å². The zero-order valence-electron chi connectivity index (χ0n) is 12.0. The first-order chi connectivity index (χ1) is 10.1. The molecule has 0 spiro atoms. The molecule has 1 aromatic carbocycles. The minimum Gasteiger partial charge on any atom is -0.481 e. The monoisotopic (exact) mass is 311 g/mol. The van der Waals surface area contributed by atoms with Gasteiger partial charge in [0.2, 0.25) is 0 Å². The summed E-state index contributed by atoms with van der Waals surface area (Å²) in [6, 6.07) is 6.69. The molecule has 0 saturated carbocycles. The third kappa shape index (κ3) is 4.42. The molecule has 1 heterocycles. The minimum absolute atomic E-state index is 0.346.